The second-order valence-electron chi connectivity index (χ2n) is 5.58. The van der Waals surface area contributed by atoms with Crippen molar-refractivity contribution in [2.24, 2.45) is 0 Å². The Morgan fingerprint density at radius 2 is 1.73 bits per heavy atom. The Bertz CT molecular complexity index is 805. The van der Waals surface area contributed by atoms with Crippen LogP contribution in [0.5, 0.6) is 0 Å². The molecule has 2 rings (SSSR count). The number of amides is 2. The van der Waals surface area contributed by atoms with E-state index in [0.29, 0.717) is 16.1 Å². The van der Waals surface area contributed by atoms with Crippen molar-refractivity contribution >= 4 is 29.4 Å². The molecule has 2 aromatic rings. The van der Waals surface area contributed by atoms with E-state index in [-0.39, 0.29) is 12.5 Å². The second kappa shape index (κ2) is 9.01. The molecule has 0 aliphatic heterocycles. The molecule has 26 heavy (non-hydrogen) atoms. The lowest BCUT2D eigenvalue weighted by Gasteiger charge is -2.15. The molecule has 2 N–H and O–H groups in total. The lowest BCUT2D eigenvalue weighted by atomic mass is 10.1. The summed E-state index contributed by atoms with van der Waals surface area (Å²) in [6, 6.07) is 12.6. The first-order chi connectivity index (χ1) is 12.4. The van der Waals surface area contributed by atoms with Crippen LogP contribution in [0.15, 0.2) is 48.5 Å². The Morgan fingerprint density at radius 1 is 1.08 bits per heavy atom. The molecule has 2 aromatic carbocycles. The number of esters is 1. The Balaban J connectivity index is 1.88. The number of ether oxygens (including phenoxy) is 1. The molecule has 0 radical (unpaired) electrons. The molecular weight excluding hydrogens is 356 g/mol. The molecule has 136 valence electrons. The molecule has 7 heteroatoms. The first-order valence-corrected chi connectivity index (χ1v) is 8.30. The monoisotopic (exact) mass is 374 g/mol. The highest BCUT2D eigenvalue weighted by Crippen LogP contribution is 2.14. The summed E-state index contributed by atoms with van der Waals surface area (Å²) in [6.07, 6.45) is 0. The first kappa shape index (κ1) is 19.5. The number of rotatable bonds is 6. The summed E-state index contributed by atoms with van der Waals surface area (Å²) >= 11 is 5.97. The average molecular weight is 375 g/mol. The summed E-state index contributed by atoms with van der Waals surface area (Å²) in [6.45, 7) is 1.86. The van der Waals surface area contributed by atoms with Crippen molar-refractivity contribution in [3.05, 3.63) is 70.2 Å². The molecule has 1 unspecified atom stereocenters. The van der Waals surface area contributed by atoms with Crippen LogP contribution in [0, 0.1) is 0 Å². The van der Waals surface area contributed by atoms with Crippen molar-refractivity contribution in [3.8, 4) is 0 Å². The van der Waals surface area contributed by atoms with Crippen LogP contribution in [0.3, 0.4) is 0 Å². The summed E-state index contributed by atoms with van der Waals surface area (Å²) in [7, 11) is 1.31. The zero-order valence-electron chi connectivity index (χ0n) is 14.4. The number of benzene rings is 2. The van der Waals surface area contributed by atoms with Crippen molar-refractivity contribution in [3.63, 3.8) is 0 Å². The zero-order chi connectivity index (χ0) is 19.1. The Hall–Kier alpha value is -2.86. The van der Waals surface area contributed by atoms with E-state index < -0.39 is 17.9 Å². The van der Waals surface area contributed by atoms with Crippen LogP contribution in [-0.4, -0.2) is 30.9 Å². The largest absolute Gasteiger partial charge is 0.465 e. The third-order valence-corrected chi connectivity index (χ3v) is 4.03. The van der Waals surface area contributed by atoms with Gasteiger partial charge in [-0.3, -0.25) is 9.59 Å². The van der Waals surface area contributed by atoms with E-state index in [1.54, 1.807) is 55.5 Å². The van der Waals surface area contributed by atoms with Gasteiger partial charge in [-0.05, 0) is 36.8 Å². The third-order valence-electron chi connectivity index (χ3n) is 3.70. The Morgan fingerprint density at radius 3 is 2.35 bits per heavy atom. The quantitative estimate of drug-likeness (QED) is 0.761. The van der Waals surface area contributed by atoms with Gasteiger partial charge >= 0.3 is 5.97 Å². The van der Waals surface area contributed by atoms with Crippen LogP contribution in [-0.2, 0) is 16.1 Å². The predicted molar refractivity (Wildman–Crippen MR) is 98.0 cm³/mol. The maximum Gasteiger partial charge on any atom is 0.337 e. The zero-order valence-corrected chi connectivity index (χ0v) is 15.2. The normalized spacial score (nSPS) is 11.3. The summed E-state index contributed by atoms with van der Waals surface area (Å²) in [5.74, 6) is -1.17. The van der Waals surface area contributed by atoms with E-state index in [1.807, 2.05) is 0 Å². The fraction of sp³-hybridized carbons (Fsp3) is 0.211. The van der Waals surface area contributed by atoms with E-state index >= 15 is 0 Å². The van der Waals surface area contributed by atoms with Crippen molar-refractivity contribution in [1.29, 1.82) is 0 Å². The van der Waals surface area contributed by atoms with Crippen molar-refractivity contribution in [1.82, 2.24) is 10.6 Å². The lowest BCUT2D eigenvalue weighted by molar-refractivity contribution is -0.122. The molecule has 0 fully saturated rings. The highest BCUT2D eigenvalue weighted by atomic mass is 35.5. The van der Waals surface area contributed by atoms with Gasteiger partial charge in [0.05, 0.1) is 23.3 Å². The summed E-state index contributed by atoms with van der Waals surface area (Å²) in [5, 5.41) is 5.66. The Kier molecular flexibility index (Phi) is 6.74. The molecule has 0 spiro atoms. The number of carbonyl (C=O) groups is 3. The summed E-state index contributed by atoms with van der Waals surface area (Å²) < 4.78 is 4.63. The maximum atomic E-state index is 12.2. The molecular formula is C19H19ClN2O4. The highest BCUT2D eigenvalue weighted by molar-refractivity contribution is 6.33. The molecule has 6 nitrogen and oxygen atoms in total. The summed E-state index contributed by atoms with van der Waals surface area (Å²) in [4.78, 5) is 35.7. The number of methoxy groups -OCH3 is 1. The molecule has 1 atom stereocenters. The van der Waals surface area contributed by atoms with Gasteiger partial charge in [0.15, 0.2) is 0 Å². The van der Waals surface area contributed by atoms with Crippen molar-refractivity contribution in [2.45, 2.75) is 19.5 Å². The average Bonchev–Trinajstić information content (AvgIpc) is 2.66. The minimum Gasteiger partial charge on any atom is -0.465 e. The molecule has 0 heterocycles. The SMILES string of the molecule is COC(=O)c1ccc(CNC(=O)C(C)NC(=O)c2ccccc2Cl)cc1. The number of hydrogen-bond acceptors (Lipinski definition) is 4. The molecule has 0 aliphatic carbocycles. The van der Waals surface area contributed by atoms with Gasteiger partial charge < -0.3 is 15.4 Å². The third kappa shape index (κ3) is 5.07. The van der Waals surface area contributed by atoms with Crippen molar-refractivity contribution < 1.29 is 19.1 Å². The van der Waals surface area contributed by atoms with Gasteiger partial charge in [-0.1, -0.05) is 35.9 Å². The van der Waals surface area contributed by atoms with E-state index in [9.17, 15) is 14.4 Å². The van der Waals surface area contributed by atoms with Gasteiger partial charge in [0.1, 0.15) is 6.04 Å². The molecule has 0 aromatic heterocycles. The summed E-state index contributed by atoms with van der Waals surface area (Å²) in [5.41, 5.74) is 1.56. The number of carbonyl (C=O) groups excluding carboxylic acids is 3. The maximum absolute atomic E-state index is 12.2. The minimum atomic E-state index is -0.729. The fourth-order valence-corrected chi connectivity index (χ4v) is 2.43. The standard InChI is InChI=1S/C19H19ClN2O4/c1-12(22-18(24)15-5-3-4-6-16(15)20)17(23)21-11-13-7-9-14(10-8-13)19(25)26-2/h3-10,12H,11H2,1-2H3,(H,21,23)(H,22,24). The van der Waals surface area contributed by atoms with Crippen molar-refractivity contribution in [2.75, 3.05) is 7.11 Å². The highest BCUT2D eigenvalue weighted by Gasteiger charge is 2.17. The molecule has 0 saturated carbocycles. The molecule has 0 bridgehead atoms. The van der Waals surface area contributed by atoms with Gasteiger partial charge in [0.25, 0.3) is 5.91 Å². The number of halogens is 1. The van der Waals surface area contributed by atoms with E-state index in [1.165, 1.54) is 7.11 Å². The Labute approximate surface area is 156 Å². The van der Waals surface area contributed by atoms with Crippen LogP contribution >= 0.6 is 11.6 Å². The van der Waals surface area contributed by atoms with Crippen LogP contribution in [0.2, 0.25) is 5.02 Å². The minimum absolute atomic E-state index is 0.270. The van der Waals surface area contributed by atoms with Crippen LogP contribution in [0.25, 0.3) is 0 Å². The van der Waals surface area contributed by atoms with E-state index in [4.69, 9.17) is 11.6 Å². The topological polar surface area (TPSA) is 84.5 Å². The van der Waals surface area contributed by atoms with E-state index in [2.05, 4.69) is 15.4 Å². The number of hydrogen-bond donors (Lipinski definition) is 2. The fourth-order valence-electron chi connectivity index (χ4n) is 2.20. The second-order valence-corrected chi connectivity index (χ2v) is 5.99. The van der Waals surface area contributed by atoms with Crippen LogP contribution in [0.4, 0.5) is 0 Å². The van der Waals surface area contributed by atoms with Gasteiger partial charge in [-0.2, -0.15) is 0 Å². The van der Waals surface area contributed by atoms with Gasteiger partial charge in [-0.25, -0.2) is 4.79 Å². The molecule has 0 aliphatic rings. The molecule has 0 saturated heterocycles. The van der Waals surface area contributed by atoms with E-state index in [0.717, 1.165) is 5.56 Å². The van der Waals surface area contributed by atoms with Gasteiger partial charge in [-0.15, -0.1) is 0 Å². The van der Waals surface area contributed by atoms with Gasteiger partial charge in [0, 0.05) is 6.54 Å². The van der Waals surface area contributed by atoms with Crippen LogP contribution in [0.1, 0.15) is 33.2 Å². The number of nitrogens with one attached hydrogen (secondary N) is 2. The van der Waals surface area contributed by atoms with Gasteiger partial charge in [0.2, 0.25) is 5.91 Å². The first-order valence-electron chi connectivity index (χ1n) is 7.92. The van der Waals surface area contributed by atoms with Crippen LogP contribution < -0.4 is 10.6 Å². The lowest BCUT2D eigenvalue weighted by Crippen LogP contribution is -2.44. The predicted octanol–water partition coefficient (Wildman–Crippen LogP) is 2.56. The smallest absolute Gasteiger partial charge is 0.337 e. The molecule has 2 amide bonds.